The van der Waals surface area contributed by atoms with Gasteiger partial charge in [0.05, 0.1) is 4.90 Å². The van der Waals surface area contributed by atoms with E-state index in [0.29, 0.717) is 16.0 Å². The summed E-state index contributed by atoms with van der Waals surface area (Å²) in [5.74, 6) is 0.283. The molecule has 0 aliphatic heterocycles. The van der Waals surface area contributed by atoms with Gasteiger partial charge in [-0.05, 0) is 36.4 Å². The van der Waals surface area contributed by atoms with Crippen LogP contribution in [0.5, 0.6) is 0 Å². The Bertz CT molecular complexity index is 741. The molecule has 0 aliphatic carbocycles. The lowest BCUT2D eigenvalue weighted by Crippen LogP contribution is -2.36. The van der Waals surface area contributed by atoms with Gasteiger partial charge in [-0.1, -0.05) is 38.5 Å². The monoisotopic (exact) mass is 306 g/mol. The zero-order valence-corrected chi connectivity index (χ0v) is 13.4. The second-order valence-corrected chi connectivity index (χ2v) is 7.21. The first-order chi connectivity index (χ1) is 9.85. The van der Waals surface area contributed by atoms with Crippen LogP contribution in [0.25, 0.3) is 10.8 Å². The maximum absolute atomic E-state index is 12.6. The highest BCUT2D eigenvalue weighted by atomic mass is 32.2. The molecule has 21 heavy (non-hydrogen) atoms. The first-order valence-corrected chi connectivity index (χ1v) is 8.64. The van der Waals surface area contributed by atoms with Gasteiger partial charge in [0.15, 0.2) is 0 Å². The summed E-state index contributed by atoms with van der Waals surface area (Å²) in [6, 6.07) is 10.4. The number of nitrogen functional groups attached to an aromatic ring is 1. The van der Waals surface area contributed by atoms with Crippen LogP contribution in [-0.2, 0) is 10.0 Å². The minimum atomic E-state index is -3.54. The molecule has 0 saturated carbocycles. The van der Waals surface area contributed by atoms with Crippen LogP contribution in [0.3, 0.4) is 0 Å². The Hall–Kier alpha value is -1.59. The quantitative estimate of drug-likeness (QED) is 0.834. The van der Waals surface area contributed by atoms with Crippen LogP contribution in [-0.4, -0.2) is 14.5 Å². The highest BCUT2D eigenvalue weighted by Crippen LogP contribution is 2.25. The number of hydrogen-bond donors (Lipinski definition) is 2. The van der Waals surface area contributed by atoms with Gasteiger partial charge in [0.25, 0.3) is 0 Å². The summed E-state index contributed by atoms with van der Waals surface area (Å²) in [5, 5.41) is 1.52. The van der Waals surface area contributed by atoms with Crippen molar-refractivity contribution in [2.75, 3.05) is 5.73 Å². The predicted molar refractivity (Wildman–Crippen MR) is 87.6 cm³/mol. The molecule has 2 rings (SSSR count). The Morgan fingerprint density at radius 3 is 2.57 bits per heavy atom. The van der Waals surface area contributed by atoms with Crippen molar-refractivity contribution >= 4 is 26.5 Å². The topological polar surface area (TPSA) is 72.2 Å². The first kappa shape index (κ1) is 15.8. The van der Waals surface area contributed by atoms with E-state index in [4.69, 9.17) is 5.73 Å². The van der Waals surface area contributed by atoms with E-state index in [1.807, 2.05) is 19.9 Å². The van der Waals surface area contributed by atoms with E-state index in [1.54, 1.807) is 30.3 Å². The Morgan fingerprint density at radius 1 is 1.19 bits per heavy atom. The van der Waals surface area contributed by atoms with Crippen molar-refractivity contribution in [3.8, 4) is 0 Å². The lowest BCUT2D eigenvalue weighted by atomic mass is 10.0. The van der Waals surface area contributed by atoms with Crippen molar-refractivity contribution in [3.63, 3.8) is 0 Å². The van der Waals surface area contributed by atoms with Crippen LogP contribution >= 0.6 is 0 Å². The molecule has 2 atom stereocenters. The second-order valence-electron chi connectivity index (χ2n) is 5.53. The van der Waals surface area contributed by atoms with Crippen LogP contribution in [0.1, 0.15) is 27.2 Å². The van der Waals surface area contributed by atoms with Crippen LogP contribution in [0.4, 0.5) is 5.69 Å². The molecule has 2 aromatic carbocycles. The van der Waals surface area contributed by atoms with E-state index in [9.17, 15) is 8.42 Å². The van der Waals surface area contributed by atoms with Gasteiger partial charge in [-0.15, -0.1) is 0 Å². The lowest BCUT2D eigenvalue weighted by Gasteiger charge is -2.20. The molecule has 4 nitrogen and oxygen atoms in total. The fourth-order valence-electron chi connectivity index (χ4n) is 2.28. The van der Waals surface area contributed by atoms with Gasteiger partial charge in [-0.25, -0.2) is 13.1 Å². The number of benzene rings is 2. The third kappa shape index (κ3) is 3.36. The molecule has 0 bridgehead atoms. The third-order valence-electron chi connectivity index (χ3n) is 3.99. The number of hydrogen-bond acceptors (Lipinski definition) is 3. The molecule has 0 spiro atoms. The molecule has 2 unspecified atom stereocenters. The number of nitrogens with two attached hydrogens (primary N) is 1. The van der Waals surface area contributed by atoms with Crippen molar-refractivity contribution in [2.45, 2.75) is 38.1 Å². The van der Waals surface area contributed by atoms with E-state index >= 15 is 0 Å². The maximum atomic E-state index is 12.6. The molecule has 114 valence electrons. The summed E-state index contributed by atoms with van der Waals surface area (Å²) in [7, 11) is -3.54. The van der Waals surface area contributed by atoms with Crippen molar-refractivity contribution in [3.05, 3.63) is 36.4 Å². The average Bonchev–Trinajstić information content (AvgIpc) is 2.44. The standard InChI is InChI=1S/C16H22N2O2S/c1-4-11(2)12(3)18-21(19,20)16-7-5-6-13-10-14(17)8-9-15(13)16/h5-12,18H,4,17H2,1-3H3. The van der Waals surface area contributed by atoms with Gasteiger partial charge in [-0.2, -0.15) is 0 Å². The second kappa shape index (κ2) is 6.03. The number of anilines is 1. The molecule has 0 saturated heterocycles. The highest BCUT2D eigenvalue weighted by molar-refractivity contribution is 7.89. The molecule has 2 aromatic rings. The Morgan fingerprint density at radius 2 is 1.90 bits per heavy atom. The van der Waals surface area contributed by atoms with Crippen molar-refractivity contribution in [2.24, 2.45) is 5.92 Å². The Kier molecular flexibility index (Phi) is 4.54. The molecule has 0 fully saturated rings. The molecule has 0 radical (unpaired) electrons. The van der Waals surface area contributed by atoms with Gasteiger partial charge in [0.1, 0.15) is 0 Å². The van der Waals surface area contributed by atoms with Crippen LogP contribution in [0.2, 0.25) is 0 Å². The van der Waals surface area contributed by atoms with Gasteiger partial charge in [-0.3, -0.25) is 0 Å². The largest absolute Gasteiger partial charge is 0.399 e. The highest BCUT2D eigenvalue weighted by Gasteiger charge is 2.22. The number of nitrogens with one attached hydrogen (secondary N) is 1. The van der Waals surface area contributed by atoms with Gasteiger partial charge in [0.2, 0.25) is 10.0 Å². The zero-order chi connectivity index (χ0) is 15.6. The number of fused-ring (bicyclic) bond motifs is 1. The average molecular weight is 306 g/mol. The normalized spacial score (nSPS) is 15.0. The minimum absolute atomic E-state index is 0.107. The lowest BCUT2D eigenvalue weighted by molar-refractivity contribution is 0.434. The summed E-state index contributed by atoms with van der Waals surface area (Å²) in [5.41, 5.74) is 6.38. The summed E-state index contributed by atoms with van der Waals surface area (Å²) < 4.78 is 28.0. The van der Waals surface area contributed by atoms with Crippen molar-refractivity contribution in [1.29, 1.82) is 0 Å². The summed E-state index contributed by atoms with van der Waals surface area (Å²) in [4.78, 5) is 0.301. The molecule has 0 amide bonds. The fraction of sp³-hybridized carbons (Fsp3) is 0.375. The van der Waals surface area contributed by atoms with Gasteiger partial charge < -0.3 is 5.73 Å². The third-order valence-corrected chi connectivity index (χ3v) is 5.61. The van der Waals surface area contributed by atoms with Crippen LogP contribution in [0.15, 0.2) is 41.3 Å². The van der Waals surface area contributed by atoms with Crippen molar-refractivity contribution < 1.29 is 8.42 Å². The number of rotatable bonds is 5. The maximum Gasteiger partial charge on any atom is 0.241 e. The molecule has 0 heterocycles. The van der Waals surface area contributed by atoms with Crippen LogP contribution in [0, 0.1) is 5.92 Å². The molecule has 3 N–H and O–H groups in total. The van der Waals surface area contributed by atoms with Gasteiger partial charge >= 0.3 is 0 Å². The van der Waals surface area contributed by atoms with Crippen molar-refractivity contribution in [1.82, 2.24) is 4.72 Å². The molecular formula is C16H22N2O2S. The smallest absolute Gasteiger partial charge is 0.241 e. The predicted octanol–water partition coefficient (Wildman–Crippen LogP) is 3.13. The summed E-state index contributed by atoms with van der Waals surface area (Å²) in [6.45, 7) is 5.99. The molecule has 5 heteroatoms. The minimum Gasteiger partial charge on any atom is -0.399 e. The Balaban J connectivity index is 2.45. The van der Waals surface area contributed by atoms with E-state index in [-0.39, 0.29) is 12.0 Å². The van der Waals surface area contributed by atoms with E-state index in [2.05, 4.69) is 11.6 Å². The Labute approximate surface area is 126 Å². The number of sulfonamides is 1. The van der Waals surface area contributed by atoms with Gasteiger partial charge in [0, 0.05) is 17.1 Å². The van der Waals surface area contributed by atoms with E-state index < -0.39 is 10.0 Å². The zero-order valence-electron chi connectivity index (χ0n) is 12.6. The molecular weight excluding hydrogens is 284 g/mol. The van der Waals surface area contributed by atoms with Crippen LogP contribution < -0.4 is 10.5 Å². The van der Waals surface area contributed by atoms with E-state index in [0.717, 1.165) is 11.8 Å². The first-order valence-electron chi connectivity index (χ1n) is 7.15. The molecule has 0 aromatic heterocycles. The fourth-order valence-corrected chi connectivity index (χ4v) is 3.87. The summed E-state index contributed by atoms with van der Waals surface area (Å²) in [6.07, 6.45) is 0.926. The SMILES string of the molecule is CCC(C)C(C)NS(=O)(=O)c1cccc2cc(N)ccc12. The summed E-state index contributed by atoms with van der Waals surface area (Å²) >= 11 is 0. The molecule has 0 aliphatic rings. The van der Waals surface area contributed by atoms with E-state index in [1.165, 1.54) is 0 Å².